The van der Waals surface area contributed by atoms with Crippen LogP contribution in [0.4, 0.5) is 0 Å². The van der Waals surface area contributed by atoms with Crippen molar-refractivity contribution in [3.8, 4) is 11.5 Å². The number of ether oxygens (including phenoxy) is 2. The van der Waals surface area contributed by atoms with Crippen LogP contribution in [0, 0.1) is 0 Å². The van der Waals surface area contributed by atoms with Gasteiger partial charge in [-0.1, -0.05) is 37.6 Å². The number of aliphatic hydroxyl groups is 1. The molecular weight excluding hydrogens is 480 g/mol. The molecule has 0 aliphatic carbocycles. The second-order valence-electron chi connectivity index (χ2n) is 8.45. The molecule has 36 heavy (non-hydrogen) atoms. The zero-order valence-electron chi connectivity index (χ0n) is 21.4. The Morgan fingerprint density at radius 2 is 1.67 bits per heavy atom. The van der Waals surface area contributed by atoms with Gasteiger partial charge in [-0.05, 0) is 75.8 Å². The Morgan fingerprint density at radius 3 is 2.25 bits per heavy atom. The molecule has 0 unspecified atom stereocenters. The molecular formula is C28H35ClN2O5. The smallest absolute Gasteiger partial charge is 0.295 e. The number of amides is 1. The van der Waals surface area contributed by atoms with Crippen molar-refractivity contribution in [3.05, 3.63) is 64.2 Å². The molecule has 7 nitrogen and oxygen atoms in total. The molecule has 3 rings (SSSR count). The van der Waals surface area contributed by atoms with E-state index in [2.05, 4.69) is 18.7 Å². The first-order valence-electron chi connectivity index (χ1n) is 12.5. The number of likely N-dealkylation sites (tertiary alicyclic amines) is 1. The lowest BCUT2D eigenvalue weighted by Crippen LogP contribution is -2.33. The lowest BCUT2D eigenvalue weighted by Gasteiger charge is -2.27. The van der Waals surface area contributed by atoms with E-state index < -0.39 is 17.7 Å². The van der Waals surface area contributed by atoms with Crippen molar-refractivity contribution in [2.45, 2.75) is 40.2 Å². The van der Waals surface area contributed by atoms with E-state index in [0.717, 1.165) is 25.2 Å². The van der Waals surface area contributed by atoms with Gasteiger partial charge in [-0.25, -0.2) is 0 Å². The minimum atomic E-state index is -0.720. The van der Waals surface area contributed by atoms with Crippen molar-refractivity contribution in [1.29, 1.82) is 0 Å². The number of rotatable bonds is 12. The van der Waals surface area contributed by atoms with Crippen molar-refractivity contribution < 1.29 is 24.2 Å². The summed E-state index contributed by atoms with van der Waals surface area (Å²) in [5, 5.41) is 11.6. The van der Waals surface area contributed by atoms with E-state index >= 15 is 0 Å². The van der Waals surface area contributed by atoms with Crippen molar-refractivity contribution in [1.82, 2.24) is 9.80 Å². The summed E-state index contributed by atoms with van der Waals surface area (Å²) in [5.74, 6) is -0.414. The van der Waals surface area contributed by atoms with Crippen molar-refractivity contribution in [3.63, 3.8) is 0 Å². The molecule has 8 heteroatoms. The Balaban J connectivity index is 2.03. The molecule has 0 saturated carbocycles. The normalized spacial score (nSPS) is 17.2. The van der Waals surface area contributed by atoms with Crippen LogP contribution in [-0.2, 0) is 9.59 Å². The molecule has 1 fully saturated rings. The van der Waals surface area contributed by atoms with Crippen LogP contribution in [0.2, 0.25) is 5.02 Å². The number of halogens is 1. The van der Waals surface area contributed by atoms with Crippen LogP contribution in [0.3, 0.4) is 0 Å². The van der Waals surface area contributed by atoms with Gasteiger partial charge in [0.25, 0.3) is 11.7 Å². The molecule has 1 aliphatic heterocycles. The lowest BCUT2D eigenvalue weighted by molar-refractivity contribution is -0.140. The number of hydrogen-bond acceptors (Lipinski definition) is 6. The van der Waals surface area contributed by atoms with Gasteiger partial charge in [-0.2, -0.15) is 0 Å². The molecule has 1 aliphatic rings. The highest BCUT2D eigenvalue weighted by atomic mass is 35.5. The summed E-state index contributed by atoms with van der Waals surface area (Å²) >= 11 is 6.34. The monoisotopic (exact) mass is 514 g/mol. The molecule has 2 aromatic rings. The van der Waals surface area contributed by atoms with Crippen molar-refractivity contribution >= 4 is 29.1 Å². The maximum Gasteiger partial charge on any atom is 0.295 e. The molecule has 0 radical (unpaired) electrons. The fourth-order valence-electron chi connectivity index (χ4n) is 4.45. The summed E-state index contributed by atoms with van der Waals surface area (Å²) < 4.78 is 11.0. The number of Topliss-reactive ketones (excluding diaryl/α,β-unsaturated/α-hetero) is 1. The minimum Gasteiger partial charge on any atom is -0.507 e. The fourth-order valence-corrected chi connectivity index (χ4v) is 4.69. The van der Waals surface area contributed by atoms with Crippen LogP contribution in [-0.4, -0.2) is 66.0 Å². The first kappa shape index (κ1) is 27.6. The molecule has 2 aromatic carbocycles. The average molecular weight is 515 g/mol. The standard InChI is InChI=1S/C28H35ClN2O5/c1-5-30(6-2)16-9-17-31-25(19-10-13-21(14-11-19)35-7-3)24(27(33)28(31)34)26(32)20-12-15-23(36-8-4)22(29)18-20/h10-15,18,25,32H,5-9,16-17H2,1-4H3/t25-/m1/s1. The van der Waals surface area contributed by atoms with Crippen LogP contribution in [0.15, 0.2) is 48.0 Å². The van der Waals surface area contributed by atoms with E-state index in [1.165, 1.54) is 0 Å². The highest BCUT2D eigenvalue weighted by Gasteiger charge is 2.45. The van der Waals surface area contributed by atoms with Gasteiger partial charge in [0.1, 0.15) is 17.3 Å². The molecule has 0 aromatic heterocycles. The second kappa shape index (κ2) is 12.8. The SMILES string of the molecule is CCOc1ccc([C@@H]2C(=C(O)c3ccc(OCC)c(Cl)c3)C(=O)C(=O)N2CCCN(CC)CC)cc1. The van der Waals surface area contributed by atoms with E-state index in [1.807, 2.05) is 38.1 Å². The molecule has 0 bridgehead atoms. The maximum atomic E-state index is 13.2. The van der Waals surface area contributed by atoms with Crippen LogP contribution < -0.4 is 9.47 Å². The minimum absolute atomic E-state index is 0.0484. The molecule has 0 spiro atoms. The summed E-state index contributed by atoms with van der Waals surface area (Å²) in [5.41, 5.74) is 1.12. The molecule has 1 amide bonds. The van der Waals surface area contributed by atoms with Crippen molar-refractivity contribution in [2.24, 2.45) is 0 Å². The Bertz CT molecular complexity index is 1100. The molecule has 1 N–H and O–H groups in total. The van der Waals surface area contributed by atoms with Gasteiger partial charge in [0.05, 0.1) is 29.9 Å². The summed E-state index contributed by atoms with van der Waals surface area (Å²) in [4.78, 5) is 30.2. The lowest BCUT2D eigenvalue weighted by atomic mass is 9.95. The number of nitrogens with zero attached hydrogens (tertiary/aromatic N) is 2. The summed E-state index contributed by atoms with van der Waals surface area (Å²) in [7, 11) is 0. The van der Waals surface area contributed by atoms with Crippen LogP contribution >= 0.6 is 11.6 Å². The predicted molar refractivity (Wildman–Crippen MR) is 142 cm³/mol. The Hall–Kier alpha value is -3.03. The quantitative estimate of drug-likeness (QED) is 0.235. The van der Waals surface area contributed by atoms with Crippen molar-refractivity contribution in [2.75, 3.05) is 39.4 Å². The Morgan fingerprint density at radius 1 is 1.00 bits per heavy atom. The third kappa shape index (κ3) is 6.02. The van der Waals surface area contributed by atoms with E-state index in [-0.39, 0.29) is 11.3 Å². The predicted octanol–water partition coefficient (Wildman–Crippen LogP) is 5.29. The zero-order valence-corrected chi connectivity index (χ0v) is 22.2. The number of benzene rings is 2. The Kier molecular flexibility index (Phi) is 9.79. The summed E-state index contributed by atoms with van der Waals surface area (Å²) in [6.07, 6.45) is 0.706. The number of carbonyl (C=O) groups excluding carboxylic acids is 2. The van der Waals surface area contributed by atoms with Gasteiger partial charge in [0.2, 0.25) is 0 Å². The summed E-state index contributed by atoms with van der Waals surface area (Å²) in [6, 6.07) is 11.4. The average Bonchev–Trinajstić information content (AvgIpc) is 3.13. The number of aliphatic hydroxyl groups excluding tert-OH is 1. The van der Waals surface area contributed by atoms with Gasteiger partial charge in [-0.15, -0.1) is 0 Å². The molecule has 1 saturated heterocycles. The second-order valence-corrected chi connectivity index (χ2v) is 8.86. The number of ketones is 1. The van der Waals surface area contributed by atoms with Crippen LogP contribution in [0.25, 0.3) is 5.76 Å². The highest BCUT2D eigenvalue weighted by molar-refractivity contribution is 6.46. The zero-order chi connectivity index (χ0) is 26.2. The van der Waals surface area contributed by atoms with E-state index in [0.29, 0.717) is 48.3 Å². The van der Waals surface area contributed by atoms with Gasteiger partial charge < -0.3 is 24.4 Å². The Labute approximate surface area is 218 Å². The van der Waals surface area contributed by atoms with Gasteiger partial charge in [0.15, 0.2) is 0 Å². The third-order valence-corrected chi connectivity index (χ3v) is 6.62. The van der Waals surface area contributed by atoms with E-state index in [9.17, 15) is 14.7 Å². The first-order valence-corrected chi connectivity index (χ1v) is 12.9. The first-order chi connectivity index (χ1) is 17.4. The van der Waals surface area contributed by atoms with E-state index in [4.69, 9.17) is 21.1 Å². The molecule has 194 valence electrons. The third-order valence-electron chi connectivity index (χ3n) is 6.32. The summed E-state index contributed by atoms with van der Waals surface area (Å²) in [6.45, 7) is 11.9. The fraction of sp³-hybridized carbons (Fsp3) is 0.429. The van der Waals surface area contributed by atoms with Gasteiger partial charge >= 0.3 is 0 Å². The highest BCUT2D eigenvalue weighted by Crippen LogP contribution is 2.40. The van der Waals surface area contributed by atoms with E-state index in [1.54, 1.807) is 23.1 Å². The van der Waals surface area contributed by atoms with Crippen LogP contribution in [0.1, 0.15) is 51.3 Å². The molecule has 1 atom stereocenters. The number of hydrogen-bond donors (Lipinski definition) is 1. The largest absolute Gasteiger partial charge is 0.507 e. The molecule has 1 heterocycles. The number of carbonyl (C=O) groups is 2. The maximum absolute atomic E-state index is 13.2. The van der Waals surface area contributed by atoms with Crippen LogP contribution in [0.5, 0.6) is 11.5 Å². The van der Waals surface area contributed by atoms with Gasteiger partial charge in [-0.3, -0.25) is 9.59 Å². The van der Waals surface area contributed by atoms with Gasteiger partial charge in [0, 0.05) is 12.1 Å². The topological polar surface area (TPSA) is 79.3 Å².